The topological polar surface area (TPSA) is 34.2 Å². The Morgan fingerprint density at radius 2 is 1.38 bits per heavy atom. The van der Waals surface area contributed by atoms with Gasteiger partial charge in [0.05, 0.1) is 5.56 Å². The Bertz CT molecular complexity index is 534. The van der Waals surface area contributed by atoms with Gasteiger partial charge in [-0.25, -0.2) is 4.99 Å². The Hall–Kier alpha value is -1.31. The molecule has 118 valence electrons. The van der Waals surface area contributed by atoms with Gasteiger partial charge in [0, 0.05) is 5.56 Å². The maximum atomic E-state index is 10.6. The van der Waals surface area contributed by atoms with Crippen molar-refractivity contribution in [2.75, 3.05) is 0 Å². The van der Waals surface area contributed by atoms with Crippen molar-refractivity contribution >= 4 is 6.21 Å². The lowest BCUT2D eigenvalue weighted by Gasteiger charge is -2.26. The molecule has 2 heteroatoms. The fourth-order valence-electron chi connectivity index (χ4n) is 2.07. The maximum Gasteiger partial charge on any atom is 0.173 e. The Labute approximate surface area is 130 Å². The van der Waals surface area contributed by atoms with E-state index < -0.39 is 0 Å². The molecule has 0 aromatic heterocycles. The molecule has 0 unspecified atom stereocenters. The van der Waals surface area contributed by atoms with Gasteiger partial charge >= 0.3 is 0 Å². The highest BCUT2D eigenvalue weighted by Crippen LogP contribution is 2.36. The highest BCUT2D eigenvalue weighted by Gasteiger charge is 2.25. The molecule has 2 N–H and O–H groups in total. The molecule has 0 spiro atoms. The van der Waals surface area contributed by atoms with E-state index in [2.05, 4.69) is 79.4 Å². The molecule has 0 aliphatic carbocycles. The summed E-state index contributed by atoms with van der Waals surface area (Å²) < 4.78 is 0. The molecule has 2 nitrogen and oxygen atoms in total. The molecule has 1 aromatic rings. The Morgan fingerprint density at radius 3 is 1.76 bits per heavy atom. The van der Waals surface area contributed by atoms with E-state index in [-0.39, 0.29) is 16.4 Å². The molecule has 21 heavy (non-hydrogen) atoms. The summed E-state index contributed by atoms with van der Waals surface area (Å²) in [5, 5.41) is 10.6. The summed E-state index contributed by atoms with van der Waals surface area (Å²) in [5.41, 5.74) is 3.05. The summed E-state index contributed by atoms with van der Waals surface area (Å²) in [6, 6.07) is 4.23. The fraction of sp³-hybridized carbons (Fsp3) is 0.632. The van der Waals surface area contributed by atoms with E-state index in [1.165, 1.54) is 5.56 Å². The van der Waals surface area contributed by atoms with Gasteiger partial charge in [0.1, 0.15) is 5.75 Å². The van der Waals surface area contributed by atoms with Crippen molar-refractivity contribution in [1.82, 2.24) is 0 Å². The maximum absolute atomic E-state index is 10.6. The summed E-state index contributed by atoms with van der Waals surface area (Å²) >= 11 is 0. The van der Waals surface area contributed by atoms with Gasteiger partial charge in [-0.3, -0.25) is 0 Å². The lowest BCUT2D eigenvalue weighted by atomic mass is 9.79. The third-order valence-corrected chi connectivity index (χ3v) is 3.47. The normalized spacial score (nSPS) is 14.0. The SMILES string of the molecule is CC(C)(C)[NH+]=Cc1cc(C(C)(C)C)cc(C(C)(C)C)c1O. The van der Waals surface area contributed by atoms with Crippen molar-refractivity contribution < 1.29 is 10.1 Å². The number of hydrogen-bond acceptors (Lipinski definition) is 1. The van der Waals surface area contributed by atoms with Crippen molar-refractivity contribution in [3.63, 3.8) is 0 Å². The van der Waals surface area contributed by atoms with Gasteiger partial charge < -0.3 is 5.11 Å². The molecule has 0 aliphatic rings. The number of aromatic hydroxyl groups is 1. The quantitative estimate of drug-likeness (QED) is 0.765. The number of benzene rings is 1. The monoisotopic (exact) mass is 290 g/mol. The first-order chi connectivity index (χ1) is 9.22. The van der Waals surface area contributed by atoms with E-state index in [0.29, 0.717) is 5.75 Å². The average molecular weight is 290 g/mol. The first kappa shape index (κ1) is 17.7. The first-order valence-electron chi connectivity index (χ1n) is 7.71. The summed E-state index contributed by atoms with van der Waals surface area (Å²) in [6.45, 7) is 19.3. The van der Waals surface area contributed by atoms with Gasteiger partial charge in [-0.1, -0.05) is 47.6 Å². The molecular formula is C19H32NO+. The van der Waals surface area contributed by atoms with E-state index in [4.69, 9.17) is 0 Å². The van der Waals surface area contributed by atoms with Crippen LogP contribution in [0, 0.1) is 0 Å². The molecule has 0 bridgehead atoms. The molecular weight excluding hydrogens is 258 g/mol. The lowest BCUT2D eigenvalue weighted by molar-refractivity contribution is -0.533. The van der Waals surface area contributed by atoms with Crippen LogP contribution in [0.2, 0.25) is 0 Å². The second-order valence-electron chi connectivity index (χ2n) is 9.00. The number of hydrogen-bond donors (Lipinski definition) is 2. The van der Waals surface area contributed by atoms with Crippen LogP contribution in [-0.4, -0.2) is 16.9 Å². The van der Waals surface area contributed by atoms with Gasteiger partial charge in [0.15, 0.2) is 11.8 Å². The van der Waals surface area contributed by atoms with Crippen LogP contribution in [0.3, 0.4) is 0 Å². The van der Waals surface area contributed by atoms with Crippen LogP contribution in [0.15, 0.2) is 12.1 Å². The molecule has 1 aromatic carbocycles. The minimum atomic E-state index is -0.0876. The van der Waals surface area contributed by atoms with E-state index in [1.54, 1.807) is 0 Å². The standard InChI is InChI=1S/C19H31NO/c1-17(2,3)14-10-13(12-20-19(7,8)9)16(21)15(11-14)18(4,5)6/h10-12,21H,1-9H3/p+1. The van der Waals surface area contributed by atoms with Crippen molar-refractivity contribution in [3.05, 3.63) is 28.8 Å². The lowest BCUT2D eigenvalue weighted by Crippen LogP contribution is -2.81. The molecule has 0 saturated carbocycles. The van der Waals surface area contributed by atoms with Crippen LogP contribution in [0.25, 0.3) is 0 Å². The zero-order chi connectivity index (χ0) is 16.6. The van der Waals surface area contributed by atoms with Crippen LogP contribution in [0.1, 0.15) is 79.0 Å². The van der Waals surface area contributed by atoms with Gasteiger partial charge in [0.25, 0.3) is 0 Å². The summed E-state index contributed by atoms with van der Waals surface area (Å²) in [7, 11) is 0. The summed E-state index contributed by atoms with van der Waals surface area (Å²) in [6.07, 6.45) is 1.93. The number of phenolic OH excluding ortho intramolecular Hbond substituents is 1. The predicted molar refractivity (Wildman–Crippen MR) is 91.4 cm³/mol. The fourth-order valence-corrected chi connectivity index (χ4v) is 2.07. The third kappa shape index (κ3) is 4.87. The molecule has 0 amide bonds. The first-order valence-corrected chi connectivity index (χ1v) is 7.71. The third-order valence-electron chi connectivity index (χ3n) is 3.47. The van der Waals surface area contributed by atoms with Crippen molar-refractivity contribution in [2.24, 2.45) is 0 Å². The van der Waals surface area contributed by atoms with E-state index in [0.717, 1.165) is 11.1 Å². The highest BCUT2D eigenvalue weighted by molar-refractivity contribution is 5.81. The molecule has 0 atom stereocenters. The molecule has 0 fully saturated rings. The molecule has 0 heterocycles. The van der Waals surface area contributed by atoms with Crippen LogP contribution in [0.4, 0.5) is 0 Å². The number of nitrogens with one attached hydrogen (secondary N) is 1. The second-order valence-corrected chi connectivity index (χ2v) is 9.00. The zero-order valence-corrected chi connectivity index (χ0v) is 15.2. The molecule has 0 aliphatic heterocycles. The largest absolute Gasteiger partial charge is 0.507 e. The predicted octanol–water partition coefficient (Wildman–Crippen LogP) is 3.29. The molecule has 0 saturated heterocycles. The van der Waals surface area contributed by atoms with E-state index in [1.807, 2.05) is 6.21 Å². The second kappa shape index (κ2) is 5.47. The molecule has 1 rings (SSSR count). The summed E-state index contributed by atoms with van der Waals surface area (Å²) in [4.78, 5) is 3.35. The number of rotatable bonds is 1. The van der Waals surface area contributed by atoms with Crippen LogP contribution in [-0.2, 0) is 10.8 Å². The minimum absolute atomic E-state index is 0.0218. The molecule has 0 radical (unpaired) electrons. The number of phenols is 1. The van der Waals surface area contributed by atoms with Gasteiger partial charge in [-0.2, -0.15) is 0 Å². The van der Waals surface area contributed by atoms with Crippen LogP contribution < -0.4 is 4.99 Å². The highest BCUT2D eigenvalue weighted by atomic mass is 16.3. The van der Waals surface area contributed by atoms with Gasteiger partial charge in [0.2, 0.25) is 0 Å². The van der Waals surface area contributed by atoms with Crippen LogP contribution in [0.5, 0.6) is 5.75 Å². The van der Waals surface area contributed by atoms with Crippen molar-refractivity contribution in [1.29, 1.82) is 0 Å². The summed E-state index contributed by atoms with van der Waals surface area (Å²) in [5.74, 6) is 0.382. The van der Waals surface area contributed by atoms with Crippen molar-refractivity contribution in [2.45, 2.75) is 78.7 Å². The Balaban J connectivity index is 3.53. The Morgan fingerprint density at radius 1 is 0.857 bits per heavy atom. The van der Waals surface area contributed by atoms with Gasteiger partial charge in [-0.05, 0) is 43.2 Å². The van der Waals surface area contributed by atoms with E-state index >= 15 is 0 Å². The van der Waals surface area contributed by atoms with Crippen LogP contribution >= 0.6 is 0 Å². The van der Waals surface area contributed by atoms with Crippen molar-refractivity contribution in [3.8, 4) is 5.75 Å². The Kier molecular flexibility index (Phi) is 4.62. The average Bonchev–Trinajstić information content (AvgIpc) is 2.23. The zero-order valence-electron chi connectivity index (χ0n) is 15.2. The van der Waals surface area contributed by atoms with E-state index in [9.17, 15) is 5.11 Å². The minimum Gasteiger partial charge on any atom is -0.507 e. The van der Waals surface area contributed by atoms with Gasteiger partial charge in [-0.15, -0.1) is 0 Å². The smallest absolute Gasteiger partial charge is 0.173 e.